The average Bonchev–Trinajstić information content (AvgIpc) is 2.63. The van der Waals surface area contributed by atoms with Crippen LogP contribution in [0.1, 0.15) is 22.3 Å². The minimum absolute atomic E-state index is 0.0674. The fraction of sp³-hybridized carbons (Fsp3) is 0.300. The molecule has 0 aliphatic heterocycles. The molecule has 0 fully saturated rings. The maximum absolute atomic E-state index is 12.3. The summed E-state index contributed by atoms with van der Waals surface area (Å²) in [6, 6.07) is 10.9. The Balaban J connectivity index is 2.09. The molecule has 0 bridgehead atoms. The summed E-state index contributed by atoms with van der Waals surface area (Å²) in [5.41, 5.74) is 3.56. The second-order valence-electron chi connectivity index (χ2n) is 6.37. The Bertz CT molecular complexity index is 863. The van der Waals surface area contributed by atoms with E-state index in [9.17, 15) is 19.7 Å². The van der Waals surface area contributed by atoms with Crippen molar-refractivity contribution >= 4 is 17.6 Å². The summed E-state index contributed by atoms with van der Waals surface area (Å²) in [4.78, 5) is 34.7. The molecule has 0 saturated carbocycles. The number of nitrogens with one attached hydrogen (secondary N) is 1. The van der Waals surface area contributed by atoms with Crippen molar-refractivity contribution in [2.45, 2.75) is 32.7 Å². The smallest absolute Gasteiger partial charge is 0.328 e. The van der Waals surface area contributed by atoms with Gasteiger partial charge in [0.2, 0.25) is 5.91 Å². The number of esters is 1. The second kappa shape index (κ2) is 8.93. The number of nitro benzene ring substituents is 1. The number of carbonyl (C=O) groups excluding carboxylic acids is 2. The zero-order valence-corrected chi connectivity index (χ0v) is 15.5. The largest absolute Gasteiger partial charge is 0.467 e. The number of nitro groups is 1. The molecule has 0 saturated heterocycles. The summed E-state index contributed by atoms with van der Waals surface area (Å²) in [7, 11) is 1.27. The molecular weight excluding hydrogens is 348 g/mol. The van der Waals surface area contributed by atoms with Crippen LogP contribution in [-0.4, -0.2) is 30.0 Å². The standard InChI is InChI=1S/C20H22N2O5/c1-13-7-8-16(9-14(13)2)11-18(20(24)27-3)21-19(23)12-15-5-4-6-17(10-15)22(25)26/h4-10,18H,11-12H2,1-3H3,(H,21,23)/t18-/m1/s1. The van der Waals surface area contributed by atoms with Gasteiger partial charge in [0, 0.05) is 18.6 Å². The van der Waals surface area contributed by atoms with Crippen molar-refractivity contribution in [3.63, 3.8) is 0 Å². The van der Waals surface area contributed by atoms with E-state index in [0.29, 0.717) is 12.0 Å². The number of ether oxygens (including phenoxy) is 1. The molecule has 7 heteroatoms. The Labute approximate surface area is 157 Å². The molecule has 142 valence electrons. The Hall–Kier alpha value is -3.22. The molecule has 1 amide bonds. The van der Waals surface area contributed by atoms with Gasteiger partial charge in [-0.1, -0.05) is 30.3 Å². The quantitative estimate of drug-likeness (QED) is 0.459. The predicted octanol–water partition coefficient (Wildman–Crippen LogP) is 2.65. The molecule has 0 aliphatic rings. The first-order chi connectivity index (χ1) is 12.8. The first kappa shape index (κ1) is 20.1. The molecule has 0 radical (unpaired) electrons. The lowest BCUT2D eigenvalue weighted by Gasteiger charge is -2.17. The molecule has 1 N–H and O–H groups in total. The summed E-state index contributed by atoms with van der Waals surface area (Å²) in [5.74, 6) is -0.949. The molecule has 2 rings (SSSR count). The number of benzene rings is 2. The number of amides is 1. The minimum Gasteiger partial charge on any atom is -0.467 e. The molecule has 0 aliphatic carbocycles. The van der Waals surface area contributed by atoms with Gasteiger partial charge in [-0.05, 0) is 36.1 Å². The van der Waals surface area contributed by atoms with Crippen molar-refractivity contribution in [1.29, 1.82) is 0 Å². The van der Waals surface area contributed by atoms with Gasteiger partial charge in [-0.3, -0.25) is 14.9 Å². The highest BCUT2D eigenvalue weighted by molar-refractivity contribution is 5.85. The average molecular weight is 370 g/mol. The Kier molecular flexibility index (Phi) is 6.65. The van der Waals surface area contributed by atoms with Gasteiger partial charge in [0.15, 0.2) is 0 Å². The number of methoxy groups -OCH3 is 1. The van der Waals surface area contributed by atoms with Crippen molar-refractivity contribution in [3.05, 3.63) is 74.8 Å². The van der Waals surface area contributed by atoms with Crippen molar-refractivity contribution in [3.8, 4) is 0 Å². The highest BCUT2D eigenvalue weighted by atomic mass is 16.6. The monoisotopic (exact) mass is 370 g/mol. The zero-order valence-electron chi connectivity index (χ0n) is 15.5. The molecule has 1 atom stereocenters. The van der Waals surface area contributed by atoms with Crippen molar-refractivity contribution in [2.75, 3.05) is 7.11 Å². The number of nitrogens with zero attached hydrogens (tertiary/aromatic N) is 1. The molecule has 0 aromatic heterocycles. The SMILES string of the molecule is COC(=O)[C@@H](Cc1ccc(C)c(C)c1)NC(=O)Cc1cccc([N+](=O)[O-])c1. The second-order valence-corrected chi connectivity index (χ2v) is 6.37. The Morgan fingerprint density at radius 3 is 2.48 bits per heavy atom. The van der Waals surface area contributed by atoms with E-state index in [2.05, 4.69) is 5.32 Å². The molecule has 0 spiro atoms. The van der Waals surface area contributed by atoms with Gasteiger partial charge in [-0.15, -0.1) is 0 Å². The lowest BCUT2D eigenvalue weighted by atomic mass is 10.0. The van der Waals surface area contributed by atoms with Gasteiger partial charge in [-0.2, -0.15) is 0 Å². The van der Waals surface area contributed by atoms with Crippen molar-refractivity contribution in [2.24, 2.45) is 0 Å². The van der Waals surface area contributed by atoms with E-state index in [0.717, 1.165) is 16.7 Å². The van der Waals surface area contributed by atoms with Crippen LogP contribution in [0.2, 0.25) is 0 Å². The summed E-state index contributed by atoms with van der Waals surface area (Å²) in [5, 5.41) is 13.5. The molecule has 2 aromatic rings. The fourth-order valence-corrected chi connectivity index (χ4v) is 2.71. The van der Waals surface area contributed by atoms with E-state index >= 15 is 0 Å². The molecule has 0 unspecified atom stereocenters. The third-order valence-electron chi connectivity index (χ3n) is 4.32. The first-order valence-electron chi connectivity index (χ1n) is 8.47. The van der Waals surface area contributed by atoms with E-state index in [-0.39, 0.29) is 12.1 Å². The van der Waals surface area contributed by atoms with Gasteiger partial charge >= 0.3 is 5.97 Å². The third kappa shape index (κ3) is 5.64. The van der Waals surface area contributed by atoms with Gasteiger partial charge < -0.3 is 10.1 Å². The number of aryl methyl sites for hydroxylation is 2. The highest BCUT2D eigenvalue weighted by Crippen LogP contribution is 2.15. The van der Waals surface area contributed by atoms with Gasteiger partial charge in [0.25, 0.3) is 5.69 Å². The zero-order chi connectivity index (χ0) is 20.0. The van der Waals surface area contributed by atoms with E-state index in [4.69, 9.17) is 4.74 Å². The molecular formula is C20H22N2O5. The maximum Gasteiger partial charge on any atom is 0.328 e. The predicted molar refractivity (Wildman–Crippen MR) is 100 cm³/mol. The lowest BCUT2D eigenvalue weighted by molar-refractivity contribution is -0.384. The first-order valence-corrected chi connectivity index (χ1v) is 8.47. The van der Waals surface area contributed by atoms with Crippen LogP contribution in [0.25, 0.3) is 0 Å². The summed E-state index contributed by atoms with van der Waals surface area (Å²) in [6.07, 6.45) is 0.233. The Morgan fingerprint density at radius 1 is 1.11 bits per heavy atom. The van der Waals surface area contributed by atoms with Crippen molar-refractivity contribution in [1.82, 2.24) is 5.32 Å². The van der Waals surface area contributed by atoms with Crippen LogP contribution in [0.3, 0.4) is 0 Å². The van der Waals surface area contributed by atoms with Gasteiger partial charge in [0.1, 0.15) is 6.04 Å². The van der Waals surface area contributed by atoms with Crippen LogP contribution in [0.15, 0.2) is 42.5 Å². The summed E-state index contributed by atoms with van der Waals surface area (Å²) in [6.45, 7) is 3.98. The van der Waals surface area contributed by atoms with E-state index in [1.54, 1.807) is 6.07 Å². The number of hydrogen-bond acceptors (Lipinski definition) is 5. The van der Waals surface area contributed by atoms with Crippen molar-refractivity contribution < 1.29 is 19.2 Å². The van der Waals surface area contributed by atoms with Crippen LogP contribution in [0.5, 0.6) is 0 Å². The molecule has 0 heterocycles. The summed E-state index contributed by atoms with van der Waals surface area (Å²) >= 11 is 0. The summed E-state index contributed by atoms with van der Waals surface area (Å²) < 4.78 is 4.80. The fourth-order valence-electron chi connectivity index (χ4n) is 2.71. The minimum atomic E-state index is -0.830. The van der Waals surface area contributed by atoms with Crippen LogP contribution in [0.4, 0.5) is 5.69 Å². The van der Waals surface area contributed by atoms with Crippen LogP contribution >= 0.6 is 0 Å². The molecule has 27 heavy (non-hydrogen) atoms. The van der Waals surface area contributed by atoms with E-state index < -0.39 is 22.8 Å². The van der Waals surface area contributed by atoms with Gasteiger partial charge in [0.05, 0.1) is 18.5 Å². The van der Waals surface area contributed by atoms with E-state index in [1.165, 1.54) is 25.3 Å². The Morgan fingerprint density at radius 2 is 1.85 bits per heavy atom. The van der Waals surface area contributed by atoms with Gasteiger partial charge in [-0.25, -0.2) is 4.79 Å². The molecule has 2 aromatic carbocycles. The normalized spacial score (nSPS) is 11.5. The van der Waals surface area contributed by atoms with Crippen LogP contribution < -0.4 is 5.32 Å². The molecule has 7 nitrogen and oxygen atoms in total. The lowest BCUT2D eigenvalue weighted by Crippen LogP contribution is -2.43. The van der Waals surface area contributed by atoms with Crippen LogP contribution in [-0.2, 0) is 27.2 Å². The number of carbonyl (C=O) groups is 2. The topological polar surface area (TPSA) is 98.5 Å². The number of non-ortho nitro benzene ring substituents is 1. The highest BCUT2D eigenvalue weighted by Gasteiger charge is 2.22. The van der Waals surface area contributed by atoms with E-state index in [1.807, 2.05) is 32.0 Å². The third-order valence-corrected chi connectivity index (χ3v) is 4.32. The van der Waals surface area contributed by atoms with Crippen LogP contribution in [0, 0.1) is 24.0 Å². The number of rotatable bonds is 7. The number of hydrogen-bond donors (Lipinski definition) is 1. The maximum atomic E-state index is 12.3.